The summed E-state index contributed by atoms with van der Waals surface area (Å²) in [5.74, 6) is -0.881. The molecule has 4 heteroatoms. The number of furan rings is 1. The molecule has 0 atom stereocenters. The van der Waals surface area contributed by atoms with Crippen LogP contribution in [-0.2, 0) is 0 Å². The highest BCUT2D eigenvalue weighted by molar-refractivity contribution is 6.11. The van der Waals surface area contributed by atoms with Crippen molar-refractivity contribution in [2.45, 2.75) is 0 Å². The Morgan fingerprint density at radius 3 is 2.68 bits per heavy atom. The van der Waals surface area contributed by atoms with Gasteiger partial charge in [-0.3, -0.25) is 4.79 Å². The van der Waals surface area contributed by atoms with E-state index in [2.05, 4.69) is 0 Å². The SMILES string of the molecule is Nc1c(F)cccc1C(=O)c1cc2ccccc2o1. The van der Waals surface area contributed by atoms with Crippen LogP contribution < -0.4 is 5.73 Å². The second-order valence-electron chi connectivity index (χ2n) is 4.18. The van der Waals surface area contributed by atoms with Crippen molar-refractivity contribution in [2.24, 2.45) is 0 Å². The van der Waals surface area contributed by atoms with Gasteiger partial charge in [0.1, 0.15) is 11.4 Å². The van der Waals surface area contributed by atoms with Crippen molar-refractivity contribution in [1.82, 2.24) is 0 Å². The molecule has 0 aliphatic carbocycles. The van der Waals surface area contributed by atoms with E-state index in [0.29, 0.717) is 5.58 Å². The molecular formula is C15H10FNO2. The summed E-state index contributed by atoms with van der Waals surface area (Å²) < 4.78 is 18.8. The van der Waals surface area contributed by atoms with Gasteiger partial charge in [0.2, 0.25) is 5.78 Å². The number of nitrogens with two attached hydrogens (primary N) is 1. The van der Waals surface area contributed by atoms with Crippen LogP contribution in [0.25, 0.3) is 11.0 Å². The molecule has 0 fully saturated rings. The van der Waals surface area contributed by atoms with Crippen LogP contribution in [-0.4, -0.2) is 5.78 Å². The summed E-state index contributed by atoms with van der Waals surface area (Å²) in [5, 5.41) is 0.820. The Labute approximate surface area is 108 Å². The predicted molar refractivity (Wildman–Crippen MR) is 70.5 cm³/mol. The van der Waals surface area contributed by atoms with E-state index in [1.165, 1.54) is 18.2 Å². The average Bonchev–Trinajstić information content (AvgIpc) is 2.85. The quantitative estimate of drug-likeness (QED) is 0.564. The molecule has 2 aromatic carbocycles. The maximum absolute atomic E-state index is 13.4. The molecule has 1 aromatic heterocycles. The Bertz CT molecular complexity index is 744. The van der Waals surface area contributed by atoms with Crippen molar-refractivity contribution in [3.8, 4) is 0 Å². The molecule has 0 spiro atoms. The first-order valence-corrected chi connectivity index (χ1v) is 5.74. The summed E-state index contributed by atoms with van der Waals surface area (Å²) in [6.07, 6.45) is 0. The molecule has 0 aliphatic rings. The highest BCUT2D eigenvalue weighted by Crippen LogP contribution is 2.24. The number of rotatable bonds is 2. The summed E-state index contributed by atoms with van der Waals surface area (Å²) in [5.41, 5.74) is 6.14. The van der Waals surface area contributed by atoms with Gasteiger partial charge in [-0.05, 0) is 24.3 Å². The van der Waals surface area contributed by atoms with Gasteiger partial charge in [-0.25, -0.2) is 4.39 Å². The van der Waals surface area contributed by atoms with Crippen molar-refractivity contribution in [3.05, 3.63) is 65.7 Å². The molecular weight excluding hydrogens is 245 g/mol. The van der Waals surface area contributed by atoms with Gasteiger partial charge in [0, 0.05) is 5.39 Å². The molecule has 3 nitrogen and oxygen atoms in total. The minimum absolute atomic E-state index is 0.110. The molecule has 3 rings (SSSR count). The summed E-state index contributed by atoms with van der Waals surface area (Å²) in [7, 11) is 0. The molecule has 0 aliphatic heterocycles. The molecule has 0 unspecified atom stereocenters. The molecule has 3 aromatic rings. The number of hydrogen-bond donors (Lipinski definition) is 1. The molecule has 94 valence electrons. The van der Waals surface area contributed by atoms with Crippen LogP contribution in [0.15, 0.2) is 52.9 Å². The number of para-hydroxylation sites is 2. The number of carbonyl (C=O) groups excluding carboxylic acids is 1. The van der Waals surface area contributed by atoms with E-state index in [9.17, 15) is 9.18 Å². The lowest BCUT2D eigenvalue weighted by atomic mass is 10.1. The van der Waals surface area contributed by atoms with Gasteiger partial charge in [-0.15, -0.1) is 0 Å². The second kappa shape index (κ2) is 4.24. The normalized spacial score (nSPS) is 10.8. The van der Waals surface area contributed by atoms with E-state index < -0.39 is 11.6 Å². The summed E-state index contributed by atoms with van der Waals surface area (Å²) in [4.78, 5) is 12.2. The standard InChI is InChI=1S/C15H10FNO2/c16-11-6-3-5-10(14(11)17)15(18)13-8-9-4-1-2-7-12(9)19-13/h1-8H,17H2. The van der Waals surface area contributed by atoms with Gasteiger partial charge >= 0.3 is 0 Å². The maximum atomic E-state index is 13.4. The molecule has 0 bridgehead atoms. The fourth-order valence-corrected chi connectivity index (χ4v) is 1.96. The Morgan fingerprint density at radius 2 is 1.89 bits per heavy atom. The number of anilines is 1. The molecule has 1 heterocycles. The third-order valence-electron chi connectivity index (χ3n) is 2.95. The number of ketones is 1. The van der Waals surface area contributed by atoms with Crippen molar-refractivity contribution in [3.63, 3.8) is 0 Å². The molecule has 2 N–H and O–H groups in total. The molecule has 0 amide bonds. The van der Waals surface area contributed by atoms with Crippen LogP contribution in [0.5, 0.6) is 0 Å². The average molecular weight is 255 g/mol. The molecule has 0 saturated heterocycles. The number of hydrogen-bond acceptors (Lipinski definition) is 3. The summed E-state index contributed by atoms with van der Waals surface area (Å²) in [6.45, 7) is 0. The lowest BCUT2D eigenvalue weighted by Gasteiger charge is -2.02. The van der Waals surface area contributed by atoms with Crippen molar-refractivity contribution in [2.75, 3.05) is 5.73 Å². The Hall–Kier alpha value is -2.62. The van der Waals surface area contributed by atoms with Crippen molar-refractivity contribution < 1.29 is 13.6 Å². The van der Waals surface area contributed by atoms with Crippen LogP contribution in [0.2, 0.25) is 0 Å². The maximum Gasteiger partial charge on any atom is 0.230 e. The zero-order valence-corrected chi connectivity index (χ0v) is 9.89. The number of nitrogen functional groups attached to an aromatic ring is 1. The Kier molecular flexibility index (Phi) is 2.56. The molecule has 0 saturated carbocycles. The topological polar surface area (TPSA) is 56.2 Å². The largest absolute Gasteiger partial charge is 0.453 e. The predicted octanol–water partition coefficient (Wildman–Crippen LogP) is 3.39. The van der Waals surface area contributed by atoms with Gasteiger partial charge in [0.05, 0.1) is 11.3 Å². The van der Waals surface area contributed by atoms with E-state index in [4.69, 9.17) is 10.2 Å². The number of fused-ring (bicyclic) bond motifs is 1. The van der Waals surface area contributed by atoms with Gasteiger partial charge in [-0.1, -0.05) is 24.3 Å². The van der Waals surface area contributed by atoms with Crippen LogP contribution in [0, 0.1) is 5.82 Å². The van der Waals surface area contributed by atoms with Gasteiger partial charge in [0.15, 0.2) is 5.76 Å². The van der Waals surface area contributed by atoms with E-state index in [-0.39, 0.29) is 17.0 Å². The minimum Gasteiger partial charge on any atom is -0.453 e. The summed E-state index contributed by atoms with van der Waals surface area (Å²) >= 11 is 0. The van der Waals surface area contributed by atoms with Gasteiger partial charge in [-0.2, -0.15) is 0 Å². The number of carbonyl (C=O) groups is 1. The van der Waals surface area contributed by atoms with Crippen molar-refractivity contribution in [1.29, 1.82) is 0 Å². The first kappa shape index (κ1) is 11.5. The second-order valence-corrected chi connectivity index (χ2v) is 4.18. The monoisotopic (exact) mass is 255 g/mol. The Morgan fingerprint density at radius 1 is 1.11 bits per heavy atom. The van der Waals surface area contributed by atoms with E-state index in [0.717, 1.165) is 5.39 Å². The number of halogens is 1. The fourth-order valence-electron chi connectivity index (χ4n) is 1.96. The molecule has 0 radical (unpaired) electrons. The number of benzene rings is 2. The van der Waals surface area contributed by atoms with Crippen LogP contribution in [0.4, 0.5) is 10.1 Å². The zero-order valence-electron chi connectivity index (χ0n) is 9.89. The van der Waals surface area contributed by atoms with E-state index >= 15 is 0 Å². The first-order chi connectivity index (χ1) is 9.16. The third-order valence-corrected chi connectivity index (χ3v) is 2.95. The first-order valence-electron chi connectivity index (χ1n) is 5.74. The lowest BCUT2D eigenvalue weighted by molar-refractivity contribution is 0.101. The van der Waals surface area contributed by atoms with Gasteiger partial charge < -0.3 is 10.2 Å². The zero-order chi connectivity index (χ0) is 13.4. The van der Waals surface area contributed by atoms with Crippen LogP contribution >= 0.6 is 0 Å². The summed E-state index contributed by atoms with van der Waals surface area (Å²) in [6, 6.07) is 13.0. The smallest absolute Gasteiger partial charge is 0.230 e. The lowest BCUT2D eigenvalue weighted by Crippen LogP contribution is -2.05. The molecule has 19 heavy (non-hydrogen) atoms. The minimum atomic E-state index is -0.609. The van der Waals surface area contributed by atoms with Crippen LogP contribution in [0.1, 0.15) is 16.1 Å². The van der Waals surface area contributed by atoms with Gasteiger partial charge in [0.25, 0.3) is 0 Å². The third kappa shape index (κ3) is 1.87. The van der Waals surface area contributed by atoms with Crippen molar-refractivity contribution >= 4 is 22.4 Å². The van der Waals surface area contributed by atoms with E-state index in [1.54, 1.807) is 12.1 Å². The fraction of sp³-hybridized carbons (Fsp3) is 0. The van der Waals surface area contributed by atoms with Crippen LogP contribution in [0.3, 0.4) is 0 Å². The highest BCUT2D eigenvalue weighted by atomic mass is 19.1. The highest BCUT2D eigenvalue weighted by Gasteiger charge is 2.18. The van der Waals surface area contributed by atoms with E-state index in [1.807, 2.05) is 18.2 Å². The Balaban J connectivity index is 2.11.